The zero-order valence-corrected chi connectivity index (χ0v) is 22.8. The lowest BCUT2D eigenvalue weighted by Crippen LogP contribution is -2.30. The largest absolute Gasteiger partial charge is 0.496 e. The number of nitrogens with zero attached hydrogens (tertiary/aromatic N) is 2. The van der Waals surface area contributed by atoms with Crippen LogP contribution < -0.4 is 14.4 Å². The second-order valence-corrected chi connectivity index (χ2v) is 8.72. The van der Waals surface area contributed by atoms with Crippen LogP contribution in [0.4, 0.5) is 11.4 Å². The van der Waals surface area contributed by atoms with E-state index in [0.717, 1.165) is 5.69 Å². The Morgan fingerprint density at radius 1 is 0.865 bits per heavy atom. The van der Waals surface area contributed by atoms with Crippen molar-refractivity contribution in [1.29, 1.82) is 0 Å². The first-order valence-corrected chi connectivity index (χ1v) is 12.7. The molecule has 0 heterocycles. The van der Waals surface area contributed by atoms with Crippen molar-refractivity contribution < 1.29 is 23.8 Å². The number of halogens is 2. The first kappa shape index (κ1) is 28.2. The lowest BCUT2D eigenvalue weighted by atomic mass is 10.1. The van der Waals surface area contributed by atoms with Gasteiger partial charge in [-0.3, -0.25) is 9.59 Å². The average molecular weight is 545 g/mol. The Hall–Kier alpha value is -3.42. The molecule has 0 fully saturated rings. The fraction of sp³-hybridized carbons (Fsp3) is 0.286. The predicted octanol–water partition coefficient (Wildman–Crippen LogP) is 6.98. The van der Waals surface area contributed by atoms with Crippen LogP contribution in [-0.2, 0) is 9.53 Å². The van der Waals surface area contributed by atoms with Gasteiger partial charge in [0.25, 0.3) is 5.91 Å². The number of para-hydroxylation sites is 1. The predicted molar refractivity (Wildman–Crippen MR) is 147 cm³/mol. The Balaban J connectivity index is 1.96. The number of carbonyl (C=O) groups is 2. The van der Waals surface area contributed by atoms with Crippen molar-refractivity contribution in [3.05, 3.63) is 76.3 Å². The number of anilines is 2. The zero-order valence-electron chi connectivity index (χ0n) is 21.3. The number of hydrogen-bond acceptors (Lipinski definition) is 6. The highest BCUT2D eigenvalue weighted by molar-refractivity contribution is 6.37. The smallest absolute Gasteiger partial charge is 0.325 e. The van der Waals surface area contributed by atoms with Crippen molar-refractivity contribution in [2.45, 2.75) is 20.8 Å². The van der Waals surface area contributed by atoms with Gasteiger partial charge in [0.2, 0.25) is 0 Å². The molecule has 0 saturated carbocycles. The molecule has 7 nitrogen and oxygen atoms in total. The van der Waals surface area contributed by atoms with Crippen LogP contribution in [0, 0.1) is 0 Å². The molecule has 9 heteroatoms. The van der Waals surface area contributed by atoms with E-state index >= 15 is 0 Å². The number of hydrogen-bond donors (Lipinski definition) is 0. The Bertz CT molecular complexity index is 1210. The quantitative estimate of drug-likeness (QED) is 0.242. The molecule has 0 bridgehead atoms. The minimum atomic E-state index is -0.387. The van der Waals surface area contributed by atoms with Gasteiger partial charge >= 0.3 is 5.97 Å². The van der Waals surface area contributed by atoms with E-state index in [1.807, 2.05) is 44.2 Å². The van der Waals surface area contributed by atoms with E-state index < -0.39 is 0 Å². The molecule has 0 aromatic heterocycles. The summed E-state index contributed by atoms with van der Waals surface area (Å²) >= 11 is 13.2. The molecule has 0 spiro atoms. The van der Waals surface area contributed by atoms with E-state index in [1.165, 1.54) is 7.11 Å². The van der Waals surface area contributed by atoms with Crippen molar-refractivity contribution in [2.75, 3.05) is 38.3 Å². The standard InChI is InChI=1S/C28H30Cl2N2O5/c1-5-31(6-2)28(34)22-17-21(13-14-25(22)35-4)37-27-23(29)15-20(16-24(27)30)32(18-26(33)36-7-3)19-11-9-8-10-12-19/h8-17H,5-7,18H2,1-4H3. The van der Waals surface area contributed by atoms with E-state index in [-0.39, 0.29) is 40.8 Å². The highest BCUT2D eigenvalue weighted by Gasteiger charge is 2.21. The molecular formula is C28H30Cl2N2O5. The SMILES string of the molecule is CCOC(=O)CN(c1ccccc1)c1cc(Cl)c(Oc2ccc(OC)c(C(=O)N(CC)CC)c2)c(Cl)c1. The normalized spacial score (nSPS) is 10.5. The van der Waals surface area contributed by atoms with Gasteiger partial charge in [-0.05, 0) is 63.2 Å². The Labute approximate surface area is 227 Å². The summed E-state index contributed by atoms with van der Waals surface area (Å²) in [5.74, 6) is 0.482. The Morgan fingerprint density at radius 2 is 1.51 bits per heavy atom. The lowest BCUT2D eigenvalue weighted by molar-refractivity contribution is -0.141. The van der Waals surface area contributed by atoms with E-state index in [4.69, 9.17) is 37.4 Å². The van der Waals surface area contributed by atoms with Crippen LogP contribution in [0.2, 0.25) is 10.0 Å². The third-order valence-electron chi connectivity index (χ3n) is 5.63. The van der Waals surface area contributed by atoms with E-state index in [2.05, 4.69) is 0 Å². The first-order chi connectivity index (χ1) is 17.8. The van der Waals surface area contributed by atoms with Crippen LogP contribution in [0.3, 0.4) is 0 Å². The summed E-state index contributed by atoms with van der Waals surface area (Å²) < 4.78 is 16.6. The van der Waals surface area contributed by atoms with Crippen molar-refractivity contribution in [3.8, 4) is 17.2 Å². The van der Waals surface area contributed by atoms with E-state index in [1.54, 1.807) is 47.1 Å². The topological polar surface area (TPSA) is 68.3 Å². The number of methoxy groups -OCH3 is 1. The average Bonchev–Trinajstić information content (AvgIpc) is 2.90. The van der Waals surface area contributed by atoms with Gasteiger partial charge in [0.1, 0.15) is 18.0 Å². The molecule has 3 aromatic carbocycles. The van der Waals surface area contributed by atoms with Crippen molar-refractivity contribution >= 4 is 46.5 Å². The van der Waals surface area contributed by atoms with Gasteiger partial charge in [-0.15, -0.1) is 0 Å². The molecule has 3 rings (SSSR count). The van der Waals surface area contributed by atoms with Gasteiger partial charge in [0, 0.05) is 24.5 Å². The summed E-state index contributed by atoms with van der Waals surface area (Å²) in [5, 5.41) is 0.472. The summed E-state index contributed by atoms with van der Waals surface area (Å²) in [7, 11) is 1.51. The number of carbonyl (C=O) groups excluding carboxylic acids is 2. The Kier molecular flexibility index (Phi) is 10.1. The third-order valence-corrected chi connectivity index (χ3v) is 6.19. The monoisotopic (exact) mass is 544 g/mol. The molecule has 3 aromatic rings. The molecule has 1 amide bonds. The number of esters is 1. The van der Waals surface area contributed by atoms with Gasteiger partial charge in [-0.2, -0.15) is 0 Å². The Morgan fingerprint density at radius 3 is 2.08 bits per heavy atom. The molecule has 0 aliphatic carbocycles. The maximum absolute atomic E-state index is 13.0. The summed E-state index contributed by atoms with van der Waals surface area (Å²) in [4.78, 5) is 28.8. The summed E-state index contributed by atoms with van der Waals surface area (Å²) in [6.07, 6.45) is 0. The number of benzene rings is 3. The highest BCUT2D eigenvalue weighted by atomic mass is 35.5. The van der Waals surface area contributed by atoms with Gasteiger partial charge < -0.3 is 24.0 Å². The number of ether oxygens (including phenoxy) is 3. The van der Waals surface area contributed by atoms with Crippen molar-refractivity contribution in [2.24, 2.45) is 0 Å². The second kappa shape index (κ2) is 13.2. The molecule has 0 aliphatic rings. The molecule has 0 saturated heterocycles. The van der Waals surface area contributed by atoms with Crippen LogP contribution in [0.25, 0.3) is 0 Å². The third kappa shape index (κ3) is 6.87. The summed E-state index contributed by atoms with van der Waals surface area (Å²) in [6.45, 7) is 6.95. The van der Waals surface area contributed by atoms with Gasteiger partial charge in [-0.1, -0.05) is 41.4 Å². The maximum Gasteiger partial charge on any atom is 0.325 e. The van der Waals surface area contributed by atoms with Gasteiger partial charge in [-0.25, -0.2) is 0 Å². The van der Waals surface area contributed by atoms with Gasteiger partial charge in [0.05, 0.1) is 29.3 Å². The fourth-order valence-electron chi connectivity index (χ4n) is 3.79. The maximum atomic E-state index is 13.0. The molecule has 0 aliphatic heterocycles. The van der Waals surface area contributed by atoms with Crippen LogP contribution in [-0.4, -0.2) is 50.1 Å². The fourth-order valence-corrected chi connectivity index (χ4v) is 4.34. The van der Waals surface area contributed by atoms with Crippen LogP contribution >= 0.6 is 23.2 Å². The molecule has 196 valence electrons. The molecule has 37 heavy (non-hydrogen) atoms. The lowest BCUT2D eigenvalue weighted by Gasteiger charge is -2.25. The minimum Gasteiger partial charge on any atom is -0.496 e. The zero-order chi connectivity index (χ0) is 26.9. The molecule has 0 atom stereocenters. The van der Waals surface area contributed by atoms with E-state index in [9.17, 15) is 9.59 Å². The molecule has 0 unspecified atom stereocenters. The van der Waals surface area contributed by atoms with Crippen molar-refractivity contribution in [3.63, 3.8) is 0 Å². The summed E-state index contributed by atoms with van der Waals surface area (Å²) in [5.41, 5.74) is 1.73. The van der Waals surface area contributed by atoms with Crippen LogP contribution in [0.15, 0.2) is 60.7 Å². The second-order valence-electron chi connectivity index (χ2n) is 7.91. The molecule has 0 N–H and O–H groups in total. The van der Waals surface area contributed by atoms with Gasteiger partial charge in [0.15, 0.2) is 5.75 Å². The number of amides is 1. The molecule has 0 radical (unpaired) electrons. The number of rotatable bonds is 11. The minimum absolute atomic E-state index is 0.0278. The van der Waals surface area contributed by atoms with Crippen molar-refractivity contribution in [1.82, 2.24) is 4.90 Å². The van der Waals surface area contributed by atoms with Crippen LogP contribution in [0.5, 0.6) is 17.2 Å². The van der Waals surface area contributed by atoms with Crippen LogP contribution in [0.1, 0.15) is 31.1 Å². The molecular weight excluding hydrogens is 515 g/mol. The van der Waals surface area contributed by atoms with E-state index in [0.29, 0.717) is 35.8 Å². The highest BCUT2D eigenvalue weighted by Crippen LogP contribution is 2.42. The summed E-state index contributed by atoms with van der Waals surface area (Å²) in [6, 6.07) is 17.7. The first-order valence-electron chi connectivity index (χ1n) is 11.9.